The number of aliphatic carboxylic acids is 4. The minimum atomic E-state index is -1.58. The summed E-state index contributed by atoms with van der Waals surface area (Å²) in [6.45, 7) is -1.69. The molecular weight excluding hydrogens is 322 g/mol. The summed E-state index contributed by atoms with van der Waals surface area (Å²) in [6.07, 6.45) is -1.06. The van der Waals surface area contributed by atoms with Crippen LogP contribution in [-0.2, 0) is 19.2 Å². The van der Waals surface area contributed by atoms with Gasteiger partial charge in [-0.2, -0.15) is 0 Å². The van der Waals surface area contributed by atoms with Crippen LogP contribution in [-0.4, -0.2) is 76.2 Å². The van der Waals surface area contributed by atoms with E-state index >= 15 is 0 Å². The molecule has 2 N–H and O–H groups in total. The Kier molecular flexibility index (Phi) is 16.1. The molecule has 0 radical (unpaired) electrons. The fourth-order valence-electron chi connectivity index (χ4n) is 1.55. The number of hydrogen-bond acceptors (Lipinski definition) is 8. The molecule has 22 heavy (non-hydrogen) atoms. The van der Waals surface area contributed by atoms with Gasteiger partial charge in [0.1, 0.15) is 0 Å². The van der Waals surface area contributed by atoms with E-state index in [1.54, 1.807) is 0 Å². The predicted molar refractivity (Wildman–Crippen MR) is 57.9 cm³/mol. The largest absolute Gasteiger partial charge is 1.00 e. The Hall–Kier alpha value is -0.200. The van der Waals surface area contributed by atoms with E-state index in [9.17, 15) is 29.4 Å². The van der Waals surface area contributed by atoms with Crippen molar-refractivity contribution in [1.29, 1.82) is 0 Å². The molecule has 0 aromatic rings. The Labute approximate surface area is 170 Å². The van der Waals surface area contributed by atoms with Gasteiger partial charge < -0.3 is 30.0 Å². The minimum absolute atomic E-state index is 0. The molecule has 0 aromatic carbocycles. The molecule has 114 valence electrons. The van der Waals surface area contributed by atoms with Gasteiger partial charge >= 0.3 is 71.1 Å². The van der Waals surface area contributed by atoms with Gasteiger partial charge in [-0.15, -0.1) is 0 Å². The van der Waals surface area contributed by atoms with Gasteiger partial charge in [0.2, 0.25) is 0 Å². The molecule has 0 fully saturated rings. The van der Waals surface area contributed by atoms with Crippen molar-refractivity contribution in [3.8, 4) is 0 Å². The van der Waals surface area contributed by atoms with Crippen LogP contribution in [0, 0.1) is 0 Å². The topological polar surface area (TPSA) is 161 Å². The van der Waals surface area contributed by atoms with E-state index in [4.69, 9.17) is 10.2 Å². The van der Waals surface area contributed by atoms with Crippen molar-refractivity contribution >= 4 is 23.9 Å². The van der Waals surface area contributed by atoms with Crippen LogP contribution in [0.15, 0.2) is 0 Å². The van der Waals surface area contributed by atoms with E-state index in [1.165, 1.54) is 6.92 Å². The number of carbonyl (C=O) groups excluding carboxylic acids is 2. The maximum Gasteiger partial charge on any atom is 1.00 e. The Morgan fingerprint density at radius 3 is 1.32 bits per heavy atom. The van der Waals surface area contributed by atoms with E-state index in [0.717, 1.165) is 9.80 Å². The summed E-state index contributed by atoms with van der Waals surface area (Å²) in [7, 11) is 0. The van der Waals surface area contributed by atoms with Crippen LogP contribution in [0.3, 0.4) is 0 Å². The molecule has 0 rings (SSSR count). The summed E-state index contributed by atoms with van der Waals surface area (Å²) in [5.74, 6) is -5.83. The van der Waals surface area contributed by atoms with Crippen molar-refractivity contribution in [3.63, 3.8) is 0 Å². The number of hydrogen-bond donors (Lipinski definition) is 2. The third-order valence-electron chi connectivity index (χ3n) is 2.40. The second-order valence-electron chi connectivity index (χ2n) is 3.97. The van der Waals surface area contributed by atoms with E-state index in [1.807, 2.05) is 0 Å². The zero-order valence-corrected chi connectivity index (χ0v) is 16.6. The zero-order chi connectivity index (χ0) is 15.9. The Morgan fingerprint density at radius 1 is 0.818 bits per heavy atom. The van der Waals surface area contributed by atoms with Gasteiger partial charge in [0.25, 0.3) is 0 Å². The molecule has 0 aromatic heterocycles. The van der Waals surface area contributed by atoms with E-state index < -0.39 is 56.2 Å². The summed E-state index contributed by atoms with van der Waals surface area (Å²) < 4.78 is 0. The maximum atomic E-state index is 10.7. The maximum absolute atomic E-state index is 10.7. The Morgan fingerprint density at radius 2 is 1.09 bits per heavy atom. The second kappa shape index (κ2) is 13.3. The van der Waals surface area contributed by atoms with Gasteiger partial charge in [0.15, 0.2) is 0 Å². The number of carboxylic acid groups (broad SMARTS) is 4. The van der Waals surface area contributed by atoms with Gasteiger partial charge in [-0.05, 0) is 6.92 Å². The van der Waals surface area contributed by atoms with Crippen LogP contribution >= 0.6 is 0 Å². The summed E-state index contributed by atoms with van der Waals surface area (Å²) in [5.41, 5.74) is 0. The molecule has 0 amide bonds. The monoisotopic (exact) mass is 336 g/mol. The molecule has 0 saturated carbocycles. The average Bonchev–Trinajstić information content (AvgIpc) is 2.23. The summed E-state index contributed by atoms with van der Waals surface area (Å²) in [6, 6.07) is 0. The van der Waals surface area contributed by atoms with Crippen LogP contribution in [0.2, 0.25) is 0 Å². The van der Waals surface area contributed by atoms with E-state index in [0.29, 0.717) is 0 Å². The first kappa shape index (κ1) is 26.7. The SMILES string of the molecule is CC(N(CC(=O)[O-])CC(=O)[O-])N(CC(=O)O)CC(=O)O.[Na+].[Na+]. The van der Waals surface area contributed by atoms with Crippen molar-refractivity contribution in [2.24, 2.45) is 0 Å². The van der Waals surface area contributed by atoms with Gasteiger partial charge in [0, 0.05) is 13.1 Å². The molecule has 0 aliphatic heterocycles. The van der Waals surface area contributed by atoms with Crippen molar-refractivity contribution in [2.45, 2.75) is 13.1 Å². The molecule has 1 unspecified atom stereocenters. The van der Waals surface area contributed by atoms with Crippen LogP contribution < -0.4 is 69.3 Å². The first-order chi connectivity index (χ1) is 9.13. The number of carbonyl (C=O) groups is 4. The second-order valence-corrected chi connectivity index (χ2v) is 3.97. The fourth-order valence-corrected chi connectivity index (χ4v) is 1.55. The van der Waals surface area contributed by atoms with Crippen LogP contribution in [0.1, 0.15) is 6.92 Å². The molecule has 0 bridgehead atoms. The molecule has 12 heteroatoms. The van der Waals surface area contributed by atoms with Gasteiger partial charge in [-0.25, -0.2) is 0 Å². The molecule has 0 aliphatic rings. The van der Waals surface area contributed by atoms with E-state index in [2.05, 4.69) is 0 Å². The zero-order valence-electron chi connectivity index (χ0n) is 12.6. The molecule has 0 aliphatic carbocycles. The van der Waals surface area contributed by atoms with Crippen LogP contribution in [0.25, 0.3) is 0 Å². The third kappa shape index (κ3) is 12.4. The van der Waals surface area contributed by atoms with Gasteiger partial charge in [0.05, 0.1) is 31.2 Å². The predicted octanol–water partition coefficient (Wildman–Crippen LogP) is -10.4. The number of rotatable bonds is 10. The summed E-state index contributed by atoms with van der Waals surface area (Å²) >= 11 is 0. The number of carboxylic acids is 4. The summed E-state index contributed by atoms with van der Waals surface area (Å²) in [5, 5.41) is 38.5. The first-order valence-electron chi connectivity index (χ1n) is 5.44. The van der Waals surface area contributed by atoms with Crippen LogP contribution in [0.5, 0.6) is 0 Å². The third-order valence-corrected chi connectivity index (χ3v) is 2.40. The molecule has 0 saturated heterocycles. The molecule has 0 heterocycles. The van der Waals surface area contributed by atoms with Gasteiger partial charge in [-0.3, -0.25) is 19.4 Å². The fraction of sp³-hybridized carbons (Fsp3) is 0.600. The van der Waals surface area contributed by atoms with Crippen molar-refractivity contribution in [1.82, 2.24) is 9.80 Å². The van der Waals surface area contributed by atoms with E-state index in [-0.39, 0.29) is 59.1 Å². The Balaban J connectivity index is -0.00000180. The van der Waals surface area contributed by atoms with Crippen molar-refractivity contribution in [2.75, 3.05) is 26.2 Å². The normalized spacial score (nSPS) is 11.2. The van der Waals surface area contributed by atoms with Crippen molar-refractivity contribution < 1.29 is 98.7 Å². The quantitative estimate of drug-likeness (QED) is 0.289. The van der Waals surface area contributed by atoms with Gasteiger partial charge in [-0.1, -0.05) is 0 Å². The minimum Gasteiger partial charge on any atom is -0.549 e. The molecule has 10 nitrogen and oxygen atoms in total. The standard InChI is InChI=1S/C10H16N2O8.2Na/c1-6(11(2-7(13)14)3-8(15)16)12(4-9(17)18)5-10(19)20;;/h6H,2-5H2,1H3,(H,13,14)(H,15,16)(H,17,18)(H,19,20);;/q;2*+1/p-2. The average molecular weight is 336 g/mol. The smallest absolute Gasteiger partial charge is 0.549 e. The summed E-state index contributed by atoms with van der Waals surface area (Å²) in [4.78, 5) is 44.1. The molecule has 0 spiro atoms. The van der Waals surface area contributed by atoms with Crippen molar-refractivity contribution in [3.05, 3.63) is 0 Å². The molecular formula is C10H14N2Na2O8. The molecule has 1 atom stereocenters. The first-order valence-corrected chi connectivity index (χ1v) is 5.44. The number of nitrogens with zero attached hydrogens (tertiary/aromatic N) is 2. The Bertz CT molecular complexity index is 338. The van der Waals surface area contributed by atoms with Crippen LogP contribution in [0.4, 0.5) is 0 Å².